The number of nitrogens with one attached hydrogen (secondary N) is 2. The molecule has 0 fully saturated rings. The van der Waals surface area contributed by atoms with Crippen LogP contribution in [0.15, 0.2) is 10.7 Å². The summed E-state index contributed by atoms with van der Waals surface area (Å²) in [4.78, 5) is 49.9. The van der Waals surface area contributed by atoms with Gasteiger partial charge in [-0.15, -0.1) is 0 Å². The van der Waals surface area contributed by atoms with Gasteiger partial charge in [-0.25, -0.2) is 4.79 Å². The number of methoxy groups -OCH3 is 1. The molecule has 2 atom stereocenters. The highest BCUT2D eigenvalue weighted by molar-refractivity contribution is 6.37. The molecule has 1 aromatic heterocycles. The number of ketones is 2. The number of nitrogens with zero attached hydrogens (tertiary/aromatic N) is 1. The molecule has 0 saturated carbocycles. The smallest absolute Gasteiger partial charge is 0.407 e. The quantitative estimate of drug-likeness (QED) is 0.360. The zero-order chi connectivity index (χ0) is 23.5. The fraction of sp³-hybridized carbons (Fsp3) is 0.667. The Balaban J connectivity index is 1.97. The molecule has 2 N–H and O–H groups in total. The summed E-state index contributed by atoms with van der Waals surface area (Å²) in [5.41, 5.74) is 0.785. The SMILES string of the molecule is COCCOCCOC(=O)NC(C(=O)CC1Cc2oncc2CCNC(=O)C1=O)C(C)C. The minimum absolute atomic E-state index is 0.0180. The molecule has 1 aliphatic rings. The Labute approximate surface area is 186 Å². The van der Waals surface area contributed by atoms with Gasteiger partial charge in [-0.05, 0) is 12.3 Å². The third kappa shape index (κ3) is 7.72. The standard InChI is InChI=1S/C21H31N3O8/c1-13(2)18(24-21(28)31-9-8-30-7-6-29-3)16(25)10-15-11-17-14(12-23-32-17)4-5-22-20(27)19(15)26/h12-13,15,18H,4-11H2,1-3H3,(H,22,27)(H,24,28). The van der Waals surface area contributed by atoms with Gasteiger partial charge in [0.2, 0.25) is 5.78 Å². The number of hydrogen-bond acceptors (Lipinski definition) is 9. The van der Waals surface area contributed by atoms with Crippen molar-refractivity contribution in [1.82, 2.24) is 15.8 Å². The van der Waals surface area contributed by atoms with Crippen LogP contribution in [0.2, 0.25) is 0 Å². The van der Waals surface area contributed by atoms with Crippen LogP contribution >= 0.6 is 0 Å². The maximum absolute atomic E-state index is 13.0. The Kier molecular flexibility index (Phi) is 10.3. The van der Waals surface area contributed by atoms with Gasteiger partial charge in [-0.1, -0.05) is 19.0 Å². The lowest BCUT2D eigenvalue weighted by molar-refractivity contribution is -0.141. The number of hydrogen-bond donors (Lipinski definition) is 2. The van der Waals surface area contributed by atoms with Gasteiger partial charge in [0.05, 0.1) is 32.1 Å². The fourth-order valence-electron chi connectivity index (χ4n) is 3.32. The van der Waals surface area contributed by atoms with E-state index in [1.807, 2.05) is 0 Å². The number of carbonyl (C=O) groups is 4. The predicted molar refractivity (Wildman–Crippen MR) is 111 cm³/mol. The van der Waals surface area contributed by atoms with Gasteiger partial charge in [0, 0.05) is 38.0 Å². The highest BCUT2D eigenvalue weighted by atomic mass is 16.6. The maximum atomic E-state index is 13.0. The van der Waals surface area contributed by atoms with Crippen molar-refractivity contribution < 1.29 is 37.9 Å². The average Bonchev–Trinajstić information content (AvgIpc) is 3.20. The van der Waals surface area contributed by atoms with E-state index in [9.17, 15) is 19.2 Å². The molecule has 0 spiro atoms. The molecule has 178 valence electrons. The van der Waals surface area contributed by atoms with Crippen LogP contribution in [0.4, 0.5) is 4.79 Å². The third-order valence-electron chi connectivity index (χ3n) is 5.06. The number of aromatic nitrogens is 1. The van der Waals surface area contributed by atoms with Crippen molar-refractivity contribution in [2.24, 2.45) is 11.8 Å². The molecule has 32 heavy (non-hydrogen) atoms. The topological polar surface area (TPSA) is 146 Å². The number of alkyl carbamates (subject to hydrolysis) is 1. The number of ether oxygens (including phenoxy) is 3. The van der Waals surface area contributed by atoms with E-state index in [0.29, 0.717) is 25.4 Å². The summed E-state index contributed by atoms with van der Waals surface area (Å²) in [5, 5.41) is 8.86. The van der Waals surface area contributed by atoms with Gasteiger partial charge in [-0.3, -0.25) is 14.4 Å². The van der Waals surface area contributed by atoms with E-state index >= 15 is 0 Å². The van der Waals surface area contributed by atoms with Crippen molar-refractivity contribution >= 4 is 23.6 Å². The minimum Gasteiger partial charge on any atom is -0.447 e. The van der Waals surface area contributed by atoms with Crippen LogP contribution in [0.1, 0.15) is 31.6 Å². The molecule has 2 heterocycles. The Morgan fingerprint density at radius 2 is 2.00 bits per heavy atom. The molecule has 11 heteroatoms. The molecule has 2 rings (SSSR count). The van der Waals surface area contributed by atoms with Crippen LogP contribution in [0.5, 0.6) is 0 Å². The lowest BCUT2D eigenvalue weighted by atomic mass is 9.87. The van der Waals surface area contributed by atoms with Gasteiger partial charge in [-0.2, -0.15) is 0 Å². The first kappa shape index (κ1) is 25.5. The summed E-state index contributed by atoms with van der Waals surface area (Å²) >= 11 is 0. The third-order valence-corrected chi connectivity index (χ3v) is 5.06. The Morgan fingerprint density at radius 3 is 2.72 bits per heavy atom. The van der Waals surface area contributed by atoms with Crippen molar-refractivity contribution in [2.45, 2.75) is 39.2 Å². The molecule has 1 aliphatic heterocycles. The summed E-state index contributed by atoms with van der Waals surface area (Å²) in [5.74, 6) is -2.49. The Morgan fingerprint density at radius 1 is 1.25 bits per heavy atom. The van der Waals surface area contributed by atoms with E-state index in [2.05, 4.69) is 15.8 Å². The second-order valence-corrected chi connectivity index (χ2v) is 7.82. The van der Waals surface area contributed by atoms with Crippen molar-refractivity contribution in [2.75, 3.05) is 40.1 Å². The minimum atomic E-state index is -0.916. The lowest BCUT2D eigenvalue weighted by Crippen LogP contribution is -2.46. The number of fused-ring (bicyclic) bond motifs is 1. The van der Waals surface area contributed by atoms with E-state index < -0.39 is 29.7 Å². The van der Waals surface area contributed by atoms with E-state index in [-0.39, 0.29) is 44.3 Å². The Bertz CT molecular complexity index is 792. The van der Waals surface area contributed by atoms with Crippen LogP contribution in [-0.4, -0.2) is 74.8 Å². The van der Waals surface area contributed by atoms with Crippen molar-refractivity contribution in [1.29, 1.82) is 0 Å². The van der Waals surface area contributed by atoms with Gasteiger partial charge in [0.15, 0.2) is 5.78 Å². The molecule has 11 nitrogen and oxygen atoms in total. The molecule has 1 aromatic rings. The summed E-state index contributed by atoms with van der Waals surface area (Å²) < 4.78 is 20.3. The second-order valence-electron chi connectivity index (χ2n) is 7.82. The van der Waals surface area contributed by atoms with Crippen LogP contribution in [0.3, 0.4) is 0 Å². The van der Waals surface area contributed by atoms with E-state index in [0.717, 1.165) is 5.56 Å². The summed E-state index contributed by atoms with van der Waals surface area (Å²) in [6.45, 7) is 4.84. The lowest BCUT2D eigenvalue weighted by Gasteiger charge is -2.23. The van der Waals surface area contributed by atoms with Crippen molar-refractivity contribution in [3.05, 3.63) is 17.5 Å². The molecule has 0 bridgehead atoms. The number of amides is 2. The largest absolute Gasteiger partial charge is 0.447 e. The summed E-state index contributed by atoms with van der Waals surface area (Å²) in [6.07, 6.45) is 1.12. The van der Waals surface area contributed by atoms with Crippen LogP contribution in [-0.2, 0) is 41.4 Å². The summed E-state index contributed by atoms with van der Waals surface area (Å²) in [7, 11) is 1.55. The maximum Gasteiger partial charge on any atom is 0.407 e. The molecule has 0 saturated heterocycles. The van der Waals surface area contributed by atoms with Crippen molar-refractivity contribution in [3.8, 4) is 0 Å². The first-order valence-corrected chi connectivity index (χ1v) is 10.6. The molecule has 2 amide bonds. The van der Waals surface area contributed by atoms with Gasteiger partial charge >= 0.3 is 6.09 Å². The fourth-order valence-corrected chi connectivity index (χ4v) is 3.32. The molecular formula is C21H31N3O8. The molecule has 0 aliphatic carbocycles. The van der Waals surface area contributed by atoms with E-state index in [1.165, 1.54) is 0 Å². The summed E-state index contributed by atoms with van der Waals surface area (Å²) in [6, 6.07) is -0.880. The molecule has 2 unspecified atom stereocenters. The molecule has 0 radical (unpaired) electrons. The monoisotopic (exact) mass is 453 g/mol. The second kappa shape index (κ2) is 12.9. The van der Waals surface area contributed by atoms with Crippen LogP contribution in [0, 0.1) is 11.8 Å². The highest BCUT2D eigenvalue weighted by Gasteiger charge is 2.34. The predicted octanol–water partition coefficient (Wildman–Crippen LogP) is 0.448. The van der Waals surface area contributed by atoms with Crippen LogP contribution in [0.25, 0.3) is 0 Å². The number of Topliss-reactive ketones (excluding diaryl/α,β-unsaturated/α-hetero) is 2. The van der Waals surface area contributed by atoms with Crippen molar-refractivity contribution in [3.63, 3.8) is 0 Å². The van der Waals surface area contributed by atoms with Gasteiger partial charge < -0.3 is 29.4 Å². The molecular weight excluding hydrogens is 422 g/mol. The average molecular weight is 453 g/mol. The number of rotatable bonds is 11. The van der Waals surface area contributed by atoms with E-state index in [1.54, 1.807) is 27.2 Å². The normalized spacial score (nSPS) is 17.6. The van der Waals surface area contributed by atoms with Gasteiger partial charge in [0.25, 0.3) is 5.91 Å². The van der Waals surface area contributed by atoms with Crippen LogP contribution < -0.4 is 10.6 Å². The zero-order valence-corrected chi connectivity index (χ0v) is 18.7. The highest BCUT2D eigenvalue weighted by Crippen LogP contribution is 2.21. The van der Waals surface area contributed by atoms with Gasteiger partial charge in [0.1, 0.15) is 12.4 Å². The zero-order valence-electron chi connectivity index (χ0n) is 18.7. The van der Waals surface area contributed by atoms with E-state index in [4.69, 9.17) is 18.7 Å². The first-order chi connectivity index (χ1) is 15.3. The molecule has 0 aromatic carbocycles. The number of carbonyl (C=O) groups excluding carboxylic acids is 4. The first-order valence-electron chi connectivity index (χ1n) is 10.6. The Hall–Kier alpha value is -2.79.